The summed E-state index contributed by atoms with van der Waals surface area (Å²) in [6, 6.07) is 9.36. The van der Waals surface area contributed by atoms with E-state index in [0.29, 0.717) is 37.5 Å². The number of alkyl carbamates (subject to hydrolysis) is 1. The van der Waals surface area contributed by atoms with Crippen molar-refractivity contribution < 1.29 is 23.8 Å². The van der Waals surface area contributed by atoms with Crippen molar-refractivity contribution in [1.29, 1.82) is 0 Å². The molecule has 7 heteroatoms. The second-order valence-electron chi connectivity index (χ2n) is 7.45. The monoisotopic (exact) mass is 404 g/mol. The predicted molar refractivity (Wildman–Crippen MR) is 110 cm³/mol. The molecule has 2 rings (SSSR count). The zero-order chi connectivity index (χ0) is 21.1. The number of ether oxygens (including phenoxy) is 3. The van der Waals surface area contributed by atoms with Gasteiger partial charge >= 0.3 is 6.09 Å². The van der Waals surface area contributed by atoms with Crippen molar-refractivity contribution in [3.8, 4) is 0 Å². The molecule has 1 aliphatic heterocycles. The highest BCUT2D eigenvalue weighted by Gasteiger charge is 2.30. The van der Waals surface area contributed by atoms with Crippen LogP contribution in [0.5, 0.6) is 0 Å². The van der Waals surface area contributed by atoms with E-state index >= 15 is 0 Å². The fraction of sp³-hybridized carbons (Fsp3) is 0.545. The number of amides is 2. The van der Waals surface area contributed by atoms with Gasteiger partial charge in [-0.1, -0.05) is 50.3 Å². The number of rotatable bonds is 10. The Bertz CT molecular complexity index is 675. The van der Waals surface area contributed by atoms with Gasteiger partial charge in [-0.3, -0.25) is 4.79 Å². The van der Waals surface area contributed by atoms with Crippen molar-refractivity contribution in [2.75, 3.05) is 20.3 Å². The molecule has 2 atom stereocenters. The summed E-state index contributed by atoms with van der Waals surface area (Å²) < 4.78 is 15.9. The van der Waals surface area contributed by atoms with Crippen molar-refractivity contribution in [2.24, 2.45) is 5.92 Å². The highest BCUT2D eigenvalue weighted by atomic mass is 16.7. The van der Waals surface area contributed by atoms with Crippen LogP contribution in [0.25, 0.3) is 0 Å². The summed E-state index contributed by atoms with van der Waals surface area (Å²) in [7, 11) is 1.57. The smallest absolute Gasteiger partial charge is 0.407 e. The highest BCUT2D eigenvalue weighted by Crippen LogP contribution is 2.17. The molecule has 0 aromatic heterocycles. The molecule has 0 bridgehead atoms. The van der Waals surface area contributed by atoms with Crippen LogP contribution in [0.4, 0.5) is 4.79 Å². The SMILES string of the molecule is COC1OCC[C@@H]1NC(=O)/C(=C\CCNC(=O)OCc1ccccc1)CC(C)C. The van der Waals surface area contributed by atoms with E-state index < -0.39 is 12.4 Å². The van der Waals surface area contributed by atoms with Gasteiger partial charge in [0.15, 0.2) is 6.29 Å². The molecule has 1 unspecified atom stereocenters. The number of hydrogen-bond acceptors (Lipinski definition) is 5. The Morgan fingerprint density at radius 1 is 1.28 bits per heavy atom. The van der Waals surface area contributed by atoms with Crippen molar-refractivity contribution in [3.05, 3.63) is 47.5 Å². The number of methoxy groups -OCH3 is 1. The lowest BCUT2D eigenvalue weighted by molar-refractivity contribution is -0.125. The van der Waals surface area contributed by atoms with Crippen LogP contribution in [0.1, 0.15) is 38.7 Å². The molecule has 1 aromatic rings. The van der Waals surface area contributed by atoms with Crippen LogP contribution in [0.2, 0.25) is 0 Å². The third kappa shape index (κ3) is 8.25. The zero-order valence-corrected chi connectivity index (χ0v) is 17.5. The van der Waals surface area contributed by atoms with Crippen molar-refractivity contribution in [3.63, 3.8) is 0 Å². The molecule has 160 valence electrons. The first-order chi connectivity index (χ1) is 14.0. The van der Waals surface area contributed by atoms with E-state index in [4.69, 9.17) is 14.2 Å². The number of carbonyl (C=O) groups is 2. The van der Waals surface area contributed by atoms with Crippen LogP contribution in [0.15, 0.2) is 42.0 Å². The van der Waals surface area contributed by atoms with Gasteiger partial charge in [0.1, 0.15) is 6.61 Å². The first-order valence-corrected chi connectivity index (χ1v) is 10.1. The number of nitrogens with one attached hydrogen (secondary N) is 2. The van der Waals surface area contributed by atoms with Gasteiger partial charge in [-0.2, -0.15) is 0 Å². The number of benzene rings is 1. The average Bonchev–Trinajstić information content (AvgIpc) is 3.16. The van der Waals surface area contributed by atoms with Crippen molar-refractivity contribution in [1.82, 2.24) is 10.6 Å². The normalized spacial score (nSPS) is 19.2. The first kappa shape index (κ1) is 22.9. The van der Waals surface area contributed by atoms with E-state index in [1.807, 2.05) is 36.4 Å². The number of carbonyl (C=O) groups excluding carboxylic acids is 2. The molecule has 1 aliphatic rings. The lowest BCUT2D eigenvalue weighted by atomic mass is 10.0. The fourth-order valence-electron chi connectivity index (χ4n) is 3.10. The second kappa shape index (κ2) is 12.2. The largest absolute Gasteiger partial charge is 0.445 e. The van der Waals surface area contributed by atoms with Gasteiger partial charge in [-0.15, -0.1) is 0 Å². The summed E-state index contributed by atoms with van der Waals surface area (Å²) >= 11 is 0. The minimum Gasteiger partial charge on any atom is -0.445 e. The molecular formula is C22H32N2O5. The Kier molecular flexibility index (Phi) is 9.67. The van der Waals surface area contributed by atoms with Crippen LogP contribution >= 0.6 is 0 Å². The summed E-state index contributed by atoms with van der Waals surface area (Å²) in [6.07, 6.45) is 2.95. The third-order valence-electron chi connectivity index (χ3n) is 4.53. The van der Waals surface area contributed by atoms with Crippen LogP contribution < -0.4 is 10.6 Å². The van der Waals surface area contributed by atoms with Gasteiger partial charge in [0.2, 0.25) is 5.91 Å². The molecule has 0 aliphatic carbocycles. The average molecular weight is 405 g/mol. The zero-order valence-electron chi connectivity index (χ0n) is 17.5. The molecule has 1 fully saturated rings. The second-order valence-corrected chi connectivity index (χ2v) is 7.45. The Balaban J connectivity index is 1.78. The maximum atomic E-state index is 12.7. The van der Waals surface area contributed by atoms with Gasteiger partial charge in [-0.25, -0.2) is 4.79 Å². The molecule has 7 nitrogen and oxygen atoms in total. The molecule has 0 saturated carbocycles. The topological polar surface area (TPSA) is 85.9 Å². The Labute approximate surface area is 172 Å². The summed E-state index contributed by atoms with van der Waals surface area (Å²) in [5.74, 6) is 0.233. The van der Waals surface area contributed by atoms with Gasteiger partial charge < -0.3 is 24.8 Å². The van der Waals surface area contributed by atoms with Crippen LogP contribution in [0, 0.1) is 5.92 Å². The quantitative estimate of drug-likeness (QED) is 0.462. The van der Waals surface area contributed by atoms with Gasteiger partial charge in [-0.05, 0) is 30.7 Å². The molecule has 1 aromatic carbocycles. The van der Waals surface area contributed by atoms with E-state index in [2.05, 4.69) is 24.5 Å². The maximum Gasteiger partial charge on any atom is 0.407 e. The summed E-state index contributed by atoms with van der Waals surface area (Å²) in [6.45, 7) is 5.33. The molecular weight excluding hydrogens is 372 g/mol. The Morgan fingerprint density at radius 2 is 2.03 bits per heavy atom. The minimum absolute atomic E-state index is 0.108. The van der Waals surface area contributed by atoms with E-state index in [1.54, 1.807) is 7.11 Å². The number of hydrogen-bond donors (Lipinski definition) is 2. The molecule has 1 saturated heterocycles. The third-order valence-corrected chi connectivity index (χ3v) is 4.53. The van der Waals surface area contributed by atoms with Gasteiger partial charge in [0, 0.05) is 19.2 Å². The van der Waals surface area contributed by atoms with Gasteiger partial charge in [0.25, 0.3) is 0 Å². The summed E-state index contributed by atoms with van der Waals surface area (Å²) in [5.41, 5.74) is 1.64. The van der Waals surface area contributed by atoms with Gasteiger partial charge in [0.05, 0.1) is 12.6 Å². The lowest BCUT2D eigenvalue weighted by Crippen LogP contribution is -2.42. The Hall–Kier alpha value is -2.38. The van der Waals surface area contributed by atoms with Crippen LogP contribution in [-0.2, 0) is 25.6 Å². The Morgan fingerprint density at radius 3 is 2.72 bits per heavy atom. The van der Waals surface area contributed by atoms with E-state index in [-0.39, 0.29) is 18.6 Å². The molecule has 0 radical (unpaired) electrons. The fourth-order valence-corrected chi connectivity index (χ4v) is 3.10. The lowest BCUT2D eigenvalue weighted by Gasteiger charge is -2.20. The highest BCUT2D eigenvalue weighted by molar-refractivity contribution is 5.93. The van der Waals surface area contributed by atoms with E-state index in [0.717, 1.165) is 12.0 Å². The summed E-state index contributed by atoms with van der Waals surface area (Å²) in [4.78, 5) is 24.5. The minimum atomic E-state index is -0.469. The summed E-state index contributed by atoms with van der Waals surface area (Å²) in [5, 5.41) is 5.72. The van der Waals surface area contributed by atoms with Crippen molar-refractivity contribution in [2.45, 2.75) is 52.0 Å². The molecule has 29 heavy (non-hydrogen) atoms. The van der Waals surface area contributed by atoms with Crippen molar-refractivity contribution >= 4 is 12.0 Å². The molecule has 2 N–H and O–H groups in total. The molecule has 1 heterocycles. The first-order valence-electron chi connectivity index (χ1n) is 10.1. The maximum absolute atomic E-state index is 12.7. The molecule has 2 amide bonds. The standard InChI is InChI=1S/C22H32N2O5/c1-16(2)14-18(20(25)24-19-11-13-28-21(19)27-3)10-7-12-23-22(26)29-15-17-8-5-4-6-9-17/h4-6,8-10,16,19,21H,7,11-15H2,1-3H3,(H,23,26)(H,24,25)/b18-10-/t19-,21?/m0/s1. The predicted octanol–water partition coefficient (Wildman–Crippen LogP) is 3.15. The van der Waals surface area contributed by atoms with Crippen LogP contribution in [-0.4, -0.2) is 44.6 Å². The van der Waals surface area contributed by atoms with E-state index in [9.17, 15) is 9.59 Å². The molecule has 0 spiro atoms. The van der Waals surface area contributed by atoms with Crippen LogP contribution in [0.3, 0.4) is 0 Å². The van der Waals surface area contributed by atoms with E-state index in [1.165, 1.54) is 0 Å².